The fourth-order valence-corrected chi connectivity index (χ4v) is 8.06. The summed E-state index contributed by atoms with van der Waals surface area (Å²) in [6.45, 7) is 4.44. The van der Waals surface area contributed by atoms with Gasteiger partial charge in [0, 0.05) is 38.3 Å². The highest BCUT2D eigenvalue weighted by Gasteiger charge is 2.25. The van der Waals surface area contributed by atoms with Crippen LogP contribution in [0.25, 0.3) is 0 Å². The highest BCUT2D eigenvalue weighted by atomic mass is 16.4. The second kappa shape index (κ2) is 44.2. The summed E-state index contributed by atoms with van der Waals surface area (Å²) in [6.07, 6.45) is 36.2. The maximum absolute atomic E-state index is 12.0. The molecule has 0 saturated heterocycles. The van der Waals surface area contributed by atoms with Crippen molar-refractivity contribution in [3.63, 3.8) is 0 Å². The zero-order chi connectivity index (χ0) is 44.3. The monoisotopic (exact) mass is 859 g/mol. The standard InChI is InChI=1S/C48H98N4O8/c1-3-5-7-9-11-13-15-17-19-21-23-25-27-29-31-33-41(47(57)58)51-37-43(45(55)39-53)49-35-36-50-44(46(56)40-54)38-52-42(48(59)60)34-32-30-28-26-24-22-20-18-16-14-12-10-8-6-4-2/h41-46,49-56H,3-40H2,1-2H3,(H,57,58)(H,59,60). The maximum atomic E-state index is 12.0. The number of unbranched alkanes of at least 4 members (excludes halogenated alkanes) is 28. The molecule has 0 saturated carbocycles. The van der Waals surface area contributed by atoms with Crippen LogP contribution in [0.1, 0.15) is 219 Å². The van der Waals surface area contributed by atoms with Crippen LogP contribution in [0.15, 0.2) is 0 Å². The molecule has 0 aliphatic rings. The molecular formula is C48H98N4O8. The van der Waals surface area contributed by atoms with Gasteiger partial charge in [0.05, 0.1) is 25.4 Å². The molecule has 0 radical (unpaired) electrons. The zero-order valence-corrected chi connectivity index (χ0v) is 38.8. The second-order valence-electron chi connectivity index (χ2n) is 17.7. The minimum atomic E-state index is -1.12. The Hall–Kier alpha value is -1.38. The first-order valence-corrected chi connectivity index (χ1v) is 25.2. The summed E-state index contributed by atoms with van der Waals surface area (Å²) in [5.74, 6) is -1.88. The van der Waals surface area contributed by atoms with Crippen molar-refractivity contribution < 1.29 is 40.2 Å². The van der Waals surface area contributed by atoms with E-state index in [1.807, 2.05) is 0 Å². The van der Waals surface area contributed by atoms with Gasteiger partial charge in [0.1, 0.15) is 12.1 Å². The predicted octanol–water partition coefficient (Wildman–Crippen LogP) is 8.22. The average molecular weight is 859 g/mol. The van der Waals surface area contributed by atoms with Crippen LogP contribution in [0.4, 0.5) is 0 Å². The number of aliphatic hydroxyl groups is 4. The molecule has 0 spiro atoms. The Kier molecular flexibility index (Phi) is 43.2. The van der Waals surface area contributed by atoms with E-state index in [0.717, 1.165) is 38.5 Å². The molecule has 60 heavy (non-hydrogen) atoms. The Morgan fingerprint density at radius 3 is 0.833 bits per heavy atom. The Balaban J connectivity index is 4.38. The van der Waals surface area contributed by atoms with Gasteiger partial charge in [-0.05, 0) is 12.8 Å². The van der Waals surface area contributed by atoms with Gasteiger partial charge in [-0.1, -0.05) is 206 Å². The Bertz CT molecular complexity index is 863. The molecule has 358 valence electrons. The first kappa shape index (κ1) is 58.6. The third-order valence-electron chi connectivity index (χ3n) is 12.2. The topological polar surface area (TPSA) is 204 Å². The predicted molar refractivity (Wildman–Crippen MR) is 248 cm³/mol. The van der Waals surface area contributed by atoms with Gasteiger partial charge in [0.2, 0.25) is 0 Å². The maximum Gasteiger partial charge on any atom is 0.320 e. The third kappa shape index (κ3) is 36.1. The van der Waals surface area contributed by atoms with Crippen LogP contribution in [0, 0.1) is 0 Å². The van der Waals surface area contributed by atoms with Crippen LogP contribution < -0.4 is 21.3 Å². The third-order valence-corrected chi connectivity index (χ3v) is 12.2. The van der Waals surface area contributed by atoms with Crippen molar-refractivity contribution >= 4 is 11.9 Å². The van der Waals surface area contributed by atoms with Crippen LogP contribution in [-0.2, 0) is 9.59 Å². The van der Waals surface area contributed by atoms with E-state index in [-0.39, 0.29) is 13.1 Å². The summed E-state index contributed by atoms with van der Waals surface area (Å²) in [5, 5.41) is 72.4. The van der Waals surface area contributed by atoms with Crippen LogP contribution in [-0.4, -0.2) is 118 Å². The number of carbonyl (C=O) groups is 2. The summed E-state index contributed by atoms with van der Waals surface area (Å²) < 4.78 is 0. The lowest BCUT2D eigenvalue weighted by atomic mass is 10.0. The Labute approximate surface area is 367 Å². The molecule has 0 fully saturated rings. The number of rotatable bonds is 49. The van der Waals surface area contributed by atoms with Gasteiger partial charge in [-0.3, -0.25) is 9.59 Å². The Morgan fingerprint density at radius 2 is 0.617 bits per heavy atom. The van der Waals surface area contributed by atoms with Crippen molar-refractivity contribution in [2.75, 3.05) is 39.4 Å². The summed E-state index contributed by atoms with van der Waals surface area (Å²) in [5.41, 5.74) is 0. The van der Waals surface area contributed by atoms with Gasteiger partial charge in [0.15, 0.2) is 0 Å². The normalized spacial score (nSPS) is 14.8. The molecule has 0 aliphatic carbocycles. The number of aliphatic carboxylic acids is 2. The summed E-state index contributed by atoms with van der Waals surface area (Å²) in [4.78, 5) is 24.0. The fraction of sp³-hybridized carbons (Fsp3) is 0.958. The molecule has 6 atom stereocenters. The first-order valence-electron chi connectivity index (χ1n) is 25.2. The average Bonchev–Trinajstić information content (AvgIpc) is 3.24. The smallest absolute Gasteiger partial charge is 0.320 e. The zero-order valence-electron chi connectivity index (χ0n) is 38.8. The van der Waals surface area contributed by atoms with Crippen molar-refractivity contribution in [3.8, 4) is 0 Å². The molecule has 0 aliphatic heterocycles. The van der Waals surface area contributed by atoms with Crippen molar-refractivity contribution in [1.82, 2.24) is 21.3 Å². The van der Waals surface area contributed by atoms with Crippen LogP contribution >= 0.6 is 0 Å². The molecule has 0 aromatic carbocycles. The quantitative estimate of drug-likeness (QED) is 0.0263. The second-order valence-corrected chi connectivity index (χ2v) is 17.7. The van der Waals surface area contributed by atoms with E-state index in [1.165, 1.54) is 154 Å². The van der Waals surface area contributed by atoms with E-state index in [4.69, 9.17) is 0 Å². The van der Waals surface area contributed by atoms with Crippen LogP contribution in [0.3, 0.4) is 0 Å². The van der Waals surface area contributed by atoms with E-state index in [9.17, 15) is 40.2 Å². The van der Waals surface area contributed by atoms with Crippen molar-refractivity contribution in [3.05, 3.63) is 0 Å². The van der Waals surface area contributed by atoms with E-state index < -0.39 is 61.5 Å². The highest BCUT2D eigenvalue weighted by molar-refractivity contribution is 5.73. The lowest BCUT2D eigenvalue weighted by molar-refractivity contribution is -0.140. The minimum Gasteiger partial charge on any atom is -0.480 e. The molecule has 12 heteroatoms. The molecule has 0 aromatic rings. The lowest BCUT2D eigenvalue weighted by Crippen LogP contribution is -2.55. The SMILES string of the molecule is CCCCCCCCCCCCCCCCCC(NCC(NCCNC(CNC(CCCCCCCCCCCCCCCCC)C(=O)O)C(O)CO)C(O)CO)C(=O)O. The van der Waals surface area contributed by atoms with Gasteiger partial charge in [-0.2, -0.15) is 0 Å². The fourth-order valence-electron chi connectivity index (χ4n) is 8.06. The van der Waals surface area contributed by atoms with E-state index in [0.29, 0.717) is 25.9 Å². The van der Waals surface area contributed by atoms with Crippen molar-refractivity contribution in [1.29, 1.82) is 0 Å². The number of hydrogen-bond donors (Lipinski definition) is 10. The highest BCUT2D eigenvalue weighted by Crippen LogP contribution is 2.16. The summed E-state index contributed by atoms with van der Waals surface area (Å²) >= 11 is 0. The number of nitrogens with one attached hydrogen (secondary N) is 4. The molecule has 0 heterocycles. The van der Waals surface area contributed by atoms with Gasteiger partial charge in [-0.15, -0.1) is 0 Å². The van der Waals surface area contributed by atoms with Gasteiger partial charge in [0.25, 0.3) is 0 Å². The summed E-state index contributed by atoms with van der Waals surface area (Å²) in [6, 6.07) is -2.75. The molecule has 6 unspecified atom stereocenters. The Morgan fingerprint density at radius 1 is 0.383 bits per heavy atom. The number of hydrogen-bond acceptors (Lipinski definition) is 10. The molecule has 0 amide bonds. The molecule has 0 rings (SSSR count). The first-order chi connectivity index (χ1) is 29.2. The summed E-state index contributed by atoms with van der Waals surface area (Å²) in [7, 11) is 0. The van der Waals surface area contributed by atoms with E-state index >= 15 is 0 Å². The van der Waals surface area contributed by atoms with Crippen molar-refractivity contribution in [2.24, 2.45) is 0 Å². The van der Waals surface area contributed by atoms with Crippen LogP contribution in [0.5, 0.6) is 0 Å². The van der Waals surface area contributed by atoms with E-state index in [1.54, 1.807) is 0 Å². The number of carboxylic acids is 2. The van der Waals surface area contributed by atoms with Gasteiger partial charge >= 0.3 is 11.9 Å². The van der Waals surface area contributed by atoms with Gasteiger partial charge < -0.3 is 51.9 Å². The van der Waals surface area contributed by atoms with Gasteiger partial charge in [-0.25, -0.2) is 0 Å². The molecular weight excluding hydrogens is 761 g/mol. The largest absolute Gasteiger partial charge is 0.480 e. The molecule has 10 N–H and O–H groups in total. The van der Waals surface area contributed by atoms with E-state index in [2.05, 4.69) is 35.1 Å². The lowest BCUT2D eigenvalue weighted by Gasteiger charge is -2.27. The molecule has 0 bridgehead atoms. The van der Waals surface area contributed by atoms with Crippen LogP contribution in [0.2, 0.25) is 0 Å². The molecule has 0 aromatic heterocycles. The molecule has 12 nitrogen and oxygen atoms in total. The van der Waals surface area contributed by atoms with Crippen molar-refractivity contribution in [2.45, 2.75) is 256 Å². The number of carboxylic acid groups (broad SMARTS) is 2. The minimum absolute atomic E-state index is 0.140. The number of aliphatic hydroxyl groups excluding tert-OH is 4.